The van der Waals surface area contributed by atoms with Gasteiger partial charge in [-0.15, -0.1) is 0 Å². The number of carbonyl (C=O) groups is 2. The van der Waals surface area contributed by atoms with Crippen LogP contribution in [0.5, 0.6) is 0 Å². The first kappa shape index (κ1) is 29.9. The molecule has 1 saturated heterocycles. The zero-order valence-electron chi connectivity index (χ0n) is 24.3. The normalized spacial score (nSPS) is 16.1. The van der Waals surface area contributed by atoms with Crippen molar-refractivity contribution >= 4 is 22.5 Å². The number of fused-ring (bicyclic) bond motifs is 1. The van der Waals surface area contributed by atoms with Crippen LogP contribution >= 0.6 is 0 Å². The standard InChI is InChI=1S/C34H45N3O3/c1-34(2,3)36-18-15-31(35)32(38)22-30(24-40-23-25-13-14-27-11-7-8-12-29(27)21-25)33(39)37-19-16-28(17-20-37)26-9-5-4-6-10-26/h4-14,21,28,30-31,36H,15-20,22-24,35H2,1-3H3/t30-,31+/m1/s1. The van der Waals surface area contributed by atoms with Gasteiger partial charge in [0.15, 0.2) is 0 Å². The lowest BCUT2D eigenvalue weighted by Gasteiger charge is -2.34. The molecule has 214 valence electrons. The van der Waals surface area contributed by atoms with Gasteiger partial charge in [-0.3, -0.25) is 9.59 Å². The summed E-state index contributed by atoms with van der Waals surface area (Å²) in [4.78, 5) is 28.8. The number of hydrogen-bond acceptors (Lipinski definition) is 5. The Balaban J connectivity index is 1.37. The Kier molecular flexibility index (Phi) is 10.5. The Bertz CT molecular complexity index is 1250. The van der Waals surface area contributed by atoms with Crippen LogP contribution in [0.15, 0.2) is 72.8 Å². The summed E-state index contributed by atoms with van der Waals surface area (Å²) in [5.74, 6) is -0.165. The van der Waals surface area contributed by atoms with Crippen LogP contribution < -0.4 is 11.1 Å². The minimum Gasteiger partial charge on any atom is -0.376 e. The van der Waals surface area contributed by atoms with Gasteiger partial charge in [0.1, 0.15) is 5.78 Å². The second kappa shape index (κ2) is 14.0. The molecule has 0 bridgehead atoms. The number of carbonyl (C=O) groups excluding carboxylic acids is 2. The topological polar surface area (TPSA) is 84.7 Å². The number of nitrogens with zero attached hydrogens (tertiary/aromatic N) is 1. The molecule has 1 aliphatic rings. The number of ketones is 1. The van der Waals surface area contributed by atoms with Crippen LogP contribution in [0.25, 0.3) is 10.8 Å². The van der Waals surface area contributed by atoms with Crippen LogP contribution in [0.3, 0.4) is 0 Å². The number of hydrogen-bond donors (Lipinski definition) is 2. The van der Waals surface area contributed by atoms with Gasteiger partial charge in [0.2, 0.25) is 5.91 Å². The molecule has 1 aliphatic heterocycles. The van der Waals surface area contributed by atoms with Crippen molar-refractivity contribution in [2.75, 3.05) is 26.2 Å². The number of benzene rings is 3. The summed E-state index contributed by atoms with van der Waals surface area (Å²) in [5.41, 5.74) is 8.61. The SMILES string of the molecule is CC(C)(C)NCC[C@H](N)C(=O)C[C@H](COCc1ccc2ccccc2c1)C(=O)N1CCC(c2ccccc2)CC1. The number of Topliss-reactive ketones (excluding diaryl/α,β-unsaturated/α-hetero) is 1. The highest BCUT2D eigenvalue weighted by atomic mass is 16.5. The summed E-state index contributed by atoms with van der Waals surface area (Å²) in [7, 11) is 0. The first-order valence-corrected chi connectivity index (χ1v) is 14.6. The molecule has 1 amide bonds. The Hall–Kier alpha value is -3.06. The van der Waals surface area contributed by atoms with E-state index in [0.29, 0.717) is 38.6 Å². The number of ether oxygens (including phenoxy) is 1. The van der Waals surface area contributed by atoms with Gasteiger partial charge in [-0.2, -0.15) is 0 Å². The largest absolute Gasteiger partial charge is 0.376 e. The van der Waals surface area contributed by atoms with E-state index in [2.05, 4.69) is 80.7 Å². The molecule has 1 heterocycles. The van der Waals surface area contributed by atoms with E-state index < -0.39 is 12.0 Å². The molecule has 4 rings (SSSR count). The van der Waals surface area contributed by atoms with Gasteiger partial charge in [-0.1, -0.05) is 66.7 Å². The van der Waals surface area contributed by atoms with E-state index in [1.165, 1.54) is 10.9 Å². The van der Waals surface area contributed by atoms with Crippen LogP contribution in [-0.4, -0.2) is 54.4 Å². The fourth-order valence-electron chi connectivity index (χ4n) is 5.44. The van der Waals surface area contributed by atoms with Crippen molar-refractivity contribution in [1.29, 1.82) is 0 Å². The number of piperidine rings is 1. The zero-order valence-corrected chi connectivity index (χ0v) is 24.3. The van der Waals surface area contributed by atoms with Crippen LogP contribution in [0.4, 0.5) is 0 Å². The molecule has 6 nitrogen and oxygen atoms in total. The lowest BCUT2D eigenvalue weighted by Crippen LogP contribution is -2.45. The summed E-state index contributed by atoms with van der Waals surface area (Å²) in [6, 6.07) is 24.4. The minimum absolute atomic E-state index is 0.00149. The van der Waals surface area contributed by atoms with Crippen molar-refractivity contribution in [2.45, 2.75) is 70.6 Å². The molecule has 40 heavy (non-hydrogen) atoms. The fraction of sp³-hybridized carbons (Fsp3) is 0.471. The molecule has 1 fully saturated rings. The number of likely N-dealkylation sites (tertiary alicyclic amines) is 1. The fourth-order valence-corrected chi connectivity index (χ4v) is 5.44. The van der Waals surface area contributed by atoms with Crippen molar-refractivity contribution in [3.63, 3.8) is 0 Å². The Morgan fingerprint density at radius 2 is 1.65 bits per heavy atom. The molecule has 0 unspecified atom stereocenters. The first-order valence-electron chi connectivity index (χ1n) is 14.6. The molecule has 0 saturated carbocycles. The summed E-state index contributed by atoms with van der Waals surface area (Å²) in [6.07, 6.45) is 2.49. The zero-order chi connectivity index (χ0) is 28.5. The maximum Gasteiger partial charge on any atom is 0.228 e. The Morgan fingerprint density at radius 3 is 2.35 bits per heavy atom. The van der Waals surface area contributed by atoms with Crippen LogP contribution in [0.2, 0.25) is 0 Å². The third-order valence-electron chi connectivity index (χ3n) is 7.80. The first-order chi connectivity index (χ1) is 19.2. The molecule has 0 aliphatic carbocycles. The molecular formula is C34H45N3O3. The van der Waals surface area contributed by atoms with Crippen molar-refractivity contribution in [2.24, 2.45) is 11.7 Å². The summed E-state index contributed by atoms with van der Waals surface area (Å²) >= 11 is 0. The lowest BCUT2D eigenvalue weighted by molar-refractivity contribution is -0.141. The molecule has 0 radical (unpaired) electrons. The van der Waals surface area contributed by atoms with E-state index in [1.807, 2.05) is 23.1 Å². The number of rotatable bonds is 12. The quantitative estimate of drug-likeness (QED) is 0.318. The average molecular weight is 544 g/mol. The van der Waals surface area contributed by atoms with Crippen LogP contribution in [0, 0.1) is 5.92 Å². The average Bonchev–Trinajstić information content (AvgIpc) is 2.96. The number of nitrogens with two attached hydrogens (primary N) is 1. The van der Waals surface area contributed by atoms with E-state index >= 15 is 0 Å². The van der Waals surface area contributed by atoms with E-state index in [9.17, 15) is 9.59 Å². The number of nitrogens with one attached hydrogen (secondary N) is 1. The van der Waals surface area contributed by atoms with Gasteiger partial charge < -0.3 is 20.7 Å². The Labute approximate surface area is 239 Å². The molecular weight excluding hydrogens is 498 g/mol. The maximum absolute atomic E-state index is 13.7. The van der Waals surface area contributed by atoms with Gasteiger partial charge in [0.05, 0.1) is 25.2 Å². The van der Waals surface area contributed by atoms with Crippen molar-refractivity contribution in [1.82, 2.24) is 10.2 Å². The van der Waals surface area contributed by atoms with Crippen LogP contribution in [-0.2, 0) is 20.9 Å². The van der Waals surface area contributed by atoms with E-state index in [4.69, 9.17) is 10.5 Å². The Morgan fingerprint density at radius 1 is 0.975 bits per heavy atom. The van der Waals surface area contributed by atoms with Gasteiger partial charge in [-0.05, 0) is 80.5 Å². The monoisotopic (exact) mass is 543 g/mol. The smallest absolute Gasteiger partial charge is 0.228 e. The highest BCUT2D eigenvalue weighted by Crippen LogP contribution is 2.29. The molecule has 3 aromatic rings. The molecule has 6 heteroatoms. The van der Waals surface area contributed by atoms with E-state index in [-0.39, 0.29) is 30.3 Å². The predicted molar refractivity (Wildman–Crippen MR) is 162 cm³/mol. The summed E-state index contributed by atoms with van der Waals surface area (Å²) in [5, 5.41) is 5.72. The second-order valence-corrected chi connectivity index (χ2v) is 12.1. The third-order valence-corrected chi connectivity index (χ3v) is 7.80. The van der Waals surface area contributed by atoms with Gasteiger partial charge in [0, 0.05) is 25.0 Å². The van der Waals surface area contributed by atoms with Crippen molar-refractivity contribution < 1.29 is 14.3 Å². The predicted octanol–water partition coefficient (Wildman–Crippen LogP) is 5.44. The minimum atomic E-state index is -0.602. The summed E-state index contributed by atoms with van der Waals surface area (Å²) in [6.45, 7) is 8.88. The molecule has 3 aromatic carbocycles. The molecule has 3 N–H and O–H groups in total. The van der Waals surface area contributed by atoms with Crippen LogP contribution in [0.1, 0.15) is 63.5 Å². The van der Waals surface area contributed by atoms with Gasteiger partial charge >= 0.3 is 0 Å². The lowest BCUT2D eigenvalue weighted by atomic mass is 9.88. The highest BCUT2D eigenvalue weighted by molar-refractivity contribution is 5.89. The third kappa shape index (κ3) is 8.72. The van der Waals surface area contributed by atoms with Gasteiger partial charge in [-0.25, -0.2) is 0 Å². The second-order valence-electron chi connectivity index (χ2n) is 12.1. The maximum atomic E-state index is 13.7. The molecule has 0 aromatic heterocycles. The van der Waals surface area contributed by atoms with Crippen molar-refractivity contribution in [3.8, 4) is 0 Å². The number of amides is 1. The molecule has 0 spiro atoms. The molecule has 2 atom stereocenters. The van der Waals surface area contributed by atoms with E-state index in [0.717, 1.165) is 23.8 Å². The van der Waals surface area contributed by atoms with E-state index in [1.54, 1.807) is 0 Å². The van der Waals surface area contributed by atoms with Gasteiger partial charge in [0.25, 0.3) is 0 Å². The highest BCUT2D eigenvalue weighted by Gasteiger charge is 2.31. The summed E-state index contributed by atoms with van der Waals surface area (Å²) < 4.78 is 6.09. The van der Waals surface area contributed by atoms with Crippen molar-refractivity contribution in [3.05, 3.63) is 83.9 Å².